The summed E-state index contributed by atoms with van der Waals surface area (Å²) in [6.07, 6.45) is 4.06. The molecule has 8 nitrogen and oxygen atoms in total. The number of carbonyl (C=O) groups excluding carboxylic acids is 1. The number of ether oxygens (including phenoxy) is 1. The van der Waals surface area contributed by atoms with Crippen LogP contribution in [-0.2, 0) is 4.74 Å². The first-order valence-corrected chi connectivity index (χ1v) is 10.4. The summed E-state index contributed by atoms with van der Waals surface area (Å²) in [5.41, 5.74) is 0. The average molecular weight is 409 g/mol. The van der Waals surface area contributed by atoms with Crippen LogP contribution >= 0.6 is 0 Å². The van der Waals surface area contributed by atoms with Crippen molar-refractivity contribution in [3.05, 3.63) is 0 Å². The van der Waals surface area contributed by atoms with E-state index in [1.165, 1.54) is 44.9 Å². The molecular formula is C20H41NO7. The van der Waals surface area contributed by atoms with Gasteiger partial charge in [-0.2, -0.15) is 0 Å². The fourth-order valence-electron chi connectivity index (χ4n) is 2.81. The summed E-state index contributed by atoms with van der Waals surface area (Å²) >= 11 is 0. The minimum atomic E-state index is -1.78. The number of hydrogen-bond acceptors (Lipinski definition) is 7. The van der Waals surface area contributed by atoms with E-state index in [0.717, 1.165) is 24.2 Å². The van der Waals surface area contributed by atoms with Crippen LogP contribution in [0.25, 0.3) is 0 Å². The summed E-state index contributed by atoms with van der Waals surface area (Å²) < 4.78 is 12.5. The van der Waals surface area contributed by atoms with Gasteiger partial charge in [0.2, 0.25) is 0 Å². The van der Waals surface area contributed by atoms with E-state index in [1.54, 1.807) is 0 Å². The molecule has 0 saturated heterocycles. The maximum absolute atomic E-state index is 12.0. The van der Waals surface area contributed by atoms with Gasteiger partial charge in [-0.15, -0.1) is 0 Å². The van der Waals surface area contributed by atoms with Gasteiger partial charge in [0.05, 0.1) is 19.8 Å². The number of unbranched alkanes of at least 4 members (excludes halogenated alkanes) is 9. The lowest BCUT2D eigenvalue weighted by Crippen LogP contribution is -2.50. The molecule has 0 aromatic rings. The maximum atomic E-state index is 12.0. The first kappa shape index (κ1) is 25.1. The second-order valence-electron chi connectivity index (χ2n) is 7.32. The fraction of sp³-hybridized carbons (Fsp3) is 0.950. The van der Waals surface area contributed by atoms with Gasteiger partial charge in [-0.1, -0.05) is 64.7 Å². The van der Waals surface area contributed by atoms with E-state index >= 15 is 0 Å². The molecular weight excluding hydrogens is 366 g/mol. The summed E-state index contributed by atoms with van der Waals surface area (Å²) in [5.74, 6) is 0. The van der Waals surface area contributed by atoms with E-state index in [2.05, 4.69) is 6.92 Å². The Morgan fingerprint density at radius 1 is 0.893 bits per heavy atom. The molecule has 0 unspecified atom stereocenters. The van der Waals surface area contributed by atoms with Crippen LogP contribution in [0.1, 0.15) is 72.5 Å². The van der Waals surface area contributed by atoms with Crippen molar-refractivity contribution >= 4 is 6.09 Å². The second-order valence-corrected chi connectivity index (χ2v) is 7.32. The van der Waals surface area contributed by atoms with Gasteiger partial charge in [-0.3, -0.25) is 0 Å². The highest BCUT2D eigenvalue weighted by Crippen LogP contribution is 2.11. The largest absolute Gasteiger partial charge is 0.449 e. The zero-order valence-corrected chi connectivity index (χ0v) is 17.2. The third-order valence-corrected chi connectivity index (χ3v) is 4.71. The van der Waals surface area contributed by atoms with Crippen LogP contribution in [-0.4, -0.2) is 87.7 Å². The quantitative estimate of drug-likeness (QED) is 0.230. The van der Waals surface area contributed by atoms with Crippen LogP contribution in [0.4, 0.5) is 4.79 Å². The molecule has 0 rings (SSSR count). The Morgan fingerprint density at radius 2 is 1.39 bits per heavy atom. The van der Waals surface area contributed by atoms with Gasteiger partial charge in [-0.05, 0) is 6.42 Å². The number of likely N-dealkylation sites (N-methyl/N-ethyl adjacent to an activating group) is 1. The zero-order chi connectivity index (χ0) is 22.1. The Balaban J connectivity index is 3.94. The predicted molar refractivity (Wildman–Crippen MR) is 107 cm³/mol. The van der Waals surface area contributed by atoms with Gasteiger partial charge < -0.3 is 35.2 Å². The van der Waals surface area contributed by atoms with Crippen molar-refractivity contribution in [2.45, 2.75) is 95.5 Å². The van der Waals surface area contributed by atoms with E-state index in [0.29, 0.717) is 0 Å². The van der Waals surface area contributed by atoms with Crippen molar-refractivity contribution in [3.8, 4) is 0 Å². The van der Waals surface area contributed by atoms with Crippen LogP contribution in [0.3, 0.4) is 0 Å². The highest BCUT2D eigenvalue weighted by atomic mass is 16.6. The molecule has 0 aliphatic rings. The molecule has 5 N–H and O–H groups in total. The molecule has 8 heteroatoms. The molecule has 0 fully saturated rings. The molecule has 0 spiro atoms. The second kappa shape index (κ2) is 17.0. The summed E-state index contributed by atoms with van der Waals surface area (Å²) in [4.78, 5) is 12.9. The summed E-state index contributed by atoms with van der Waals surface area (Å²) in [6, 6.07) is 0. The first-order valence-electron chi connectivity index (χ1n) is 11.1. The Morgan fingerprint density at radius 3 is 1.89 bits per heavy atom. The van der Waals surface area contributed by atoms with Crippen LogP contribution < -0.4 is 0 Å². The van der Waals surface area contributed by atoms with Gasteiger partial charge in [0.1, 0.15) is 24.4 Å². The molecule has 0 saturated carbocycles. The number of amides is 1. The molecule has 168 valence electrons. The number of aliphatic hydroxyl groups excluding tert-OH is 5. The van der Waals surface area contributed by atoms with Crippen molar-refractivity contribution in [3.63, 3.8) is 0 Å². The van der Waals surface area contributed by atoms with E-state index in [4.69, 9.17) is 11.2 Å². The molecule has 0 aliphatic heterocycles. The van der Waals surface area contributed by atoms with Crippen molar-refractivity contribution < 1.29 is 36.4 Å². The van der Waals surface area contributed by atoms with Crippen LogP contribution in [0.15, 0.2) is 0 Å². The highest BCUT2D eigenvalue weighted by molar-refractivity contribution is 5.67. The van der Waals surface area contributed by atoms with Crippen LogP contribution in [0.5, 0.6) is 0 Å². The molecule has 0 aromatic carbocycles. The van der Waals surface area contributed by atoms with E-state index in [9.17, 15) is 25.2 Å². The van der Waals surface area contributed by atoms with Crippen LogP contribution in [0.2, 0.25) is 0 Å². The Labute approximate surface area is 170 Å². The van der Waals surface area contributed by atoms with Crippen molar-refractivity contribution in [1.82, 2.24) is 4.90 Å². The van der Waals surface area contributed by atoms with E-state index < -0.39 is 50.7 Å². The van der Waals surface area contributed by atoms with Gasteiger partial charge >= 0.3 is 6.09 Å². The van der Waals surface area contributed by atoms with E-state index in [-0.39, 0.29) is 6.61 Å². The average Bonchev–Trinajstić information content (AvgIpc) is 2.73. The number of rotatable bonds is 17. The summed E-state index contributed by atoms with van der Waals surface area (Å²) in [5, 5.41) is 47.4. The predicted octanol–water partition coefficient (Wildman–Crippen LogP) is 1.41. The SMILES string of the molecule is [2H]CN(C[C@H](O)[C@@H](O)[C@H](O)[C@H](O)CO)C(=O)OCCCCCCCCCCCC. The minimum absolute atomic E-state index is 0.219. The minimum Gasteiger partial charge on any atom is -0.449 e. The number of nitrogens with zero attached hydrogens (tertiary/aromatic N) is 1. The molecule has 0 bridgehead atoms. The third-order valence-electron chi connectivity index (χ3n) is 4.71. The number of aliphatic hydroxyl groups is 5. The van der Waals surface area contributed by atoms with Gasteiger partial charge in [0, 0.05) is 8.39 Å². The molecule has 0 radical (unpaired) electrons. The smallest absolute Gasteiger partial charge is 0.409 e. The molecule has 1 amide bonds. The molecule has 0 aromatic heterocycles. The van der Waals surface area contributed by atoms with Crippen molar-refractivity contribution in [1.29, 1.82) is 0 Å². The topological polar surface area (TPSA) is 131 Å². The molecule has 28 heavy (non-hydrogen) atoms. The third kappa shape index (κ3) is 12.5. The molecule has 0 heterocycles. The summed E-state index contributed by atoms with van der Waals surface area (Å²) in [6.45, 7) is 1.21. The highest BCUT2D eigenvalue weighted by Gasteiger charge is 2.31. The lowest BCUT2D eigenvalue weighted by molar-refractivity contribution is -0.117. The fourth-order valence-corrected chi connectivity index (χ4v) is 2.81. The van der Waals surface area contributed by atoms with Gasteiger partial charge in [0.25, 0.3) is 0 Å². The Bertz CT molecular complexity index is 403. The maximum Gasteiger partial charge on any atom is 0.409 e. The molecule has 4 atom stereocenters. The lowest BCUT2D eigenvalue weighted by atomic mass is 10.0. The monoisotopic (exact) mass is 408 g/mol. The number of carbonyl (C=O) groups is 1. The van der Waals surface area contributed by atoms with Crippen LogP contribution in [0, 0.1) is 0 Å². The lowest BCUT2D eigenvalue weighted by Gasteiger charge is -2.28. The molecule has 0 aliphatic carbocycles. The first-order chi connectivity index (χ1) is 13.9. The van der Waals surface area contributed by atoms with Crippen molar-refractivity contribution in [2.75, 3.05) is 26.8 Å². The standard InChI is InChI=1S/C20H41NO7/c1-3-4-5-6-7-8-9-10-11-12-13-28-20(27)21(2)14-16(23)18(25)19(26)17(24)15-22/h16-19,22-26H,3-15H2,1-2H3/t16-,17+,18+,19+/m0/s1/i2D. The Kier molecular flexibility index (Phi) is 15.2. The zero-order valence-electron chi connectivity index (χ0n) is 18.2. The van der Waals surface area contributed by atoms with Gasteiger partial charge in [-0.25, -0.2) is 4.79 Å². The van der Waals surface area contributed by atoms with Crippen molar-refractivity contribution in [2.24, 2.45) is 0 Å². The van der Waals surface area contributed by atoms with E-state index in [1.807, 2.05) is 0 Å². The van der Waals surface area contributed by atoms with Gasteiger partial charge in [0.15, 0.2) is 0 Å². The summed E-state index contributed by atoms with van der Waals surface area (Å²) in [7, 11) is -0.487. The normalized spacial score (nSPS) is 16.1. The number of hydrogen-bond donors (Lipinski definition) is 5. The Hall–Kier alpha value is -0.930.